The molecule has 4 nitrogen and oxygen atoms in total. The number of aromatic nitrogens is 3. The summed E-state index contributed by atoms with van der Waals surface area (Å²) in [6.07, 6.45) is 7.18. The molecule has 1 fully saturated rings. The highest BCUT2D eigenvalue weighted by Crippen LogP contribution is 2.33. The highest BCUT2D eigenvalue weighted by Gasteiger charge is 2.26. The van der Waals surface area contributed by atoms with Gasteiger partial charge in [0, 0.05) is 38.4 Å². The molecule has 3 rings (SSSR count). The van der Waals surface area contributed by atoms with Crippen molar-refractivity contribution in [3.05, 3.63) is 40.3 Å². The smallest absolute Gasteiger partial charge is 0.142 e. The van der Waals surface area contributed by atoms with Crippen LogP contribution in [0.15, 0.2) is 29.1 Å². The van der Waals surface area contributed by atoms with Crippen LogP contribution in [0.25, 0.3) is 0 Å². The van der Waals surface area contributed by atoms with E-state index in [1.54, 1.807) is 0 Å². The van der Waals surface area contributed by atoms with Crippen molar-refractivity contribution in [2.45, 2.75) is 19.3 Å². The minimum Gasteiger partial charge on any atom is -0.355 e. The summed E-state index contributed by atoms with van der Waals surface area (Å²) >= 11 is 3.62. The lowest BCUT2D eigenvalue weighted by molar-refractivity contribution is 0.754. The van der Waals surface area contributed by atoms with Gasteiger partial charge in [0.1, 0.15) is 5.82 Å². The first kappa shape index (κ1) is 12.7. The summed E-state index contributed by atoms with van der Waals surface area (Å²) in [5.74, 6) is 1.61. The van der Waals surface area contributed by atoms with Gasteiger partial charge in [-0.05, 0) is 46.5 Å². The fraction of sp³-hybridized carbons (Fsp3) is 0.429. The highest BCUT2D eigenvalue weighted by molar-refractivity contribution is 9.10. The van der Waals surface area contributed by atoms with Crippen molar-refractivity contribution in [1.29, 1.82) is 0 Å². The number of aryl methyl sites for hydroxylation is 2. The molecule has 1 aliphatic heterocycles. The first-order chi connectivity index (χ1) is 9.13. The maximum absolute atomic E-state index is 4.55. The Bertz CT molecular complexity index is 593. The number of hydrogen-bond donors (Lipinski definition) is 0. The molecule has 2 aromatic rings. The molecule has 0 bridgehead atoms. The van der Waals surface area contributed by atoms with Crippen LogP contribution in [-0.2, 0) is 7.05 Å². The summed E-state index contributed by atoms with van der Waals surface area (Å²) in [6, 6.07) is 2.12. The van der Waals surface area contributed by atoms with E-state index < -0.39 is 0 Å². The van der Waals surface area contributed by atoms with Gasteiger partial charge in [-0.3, -0.25) is 4.68 Å². The van der Waals surface area contributed by atoms with Gasteiger partial charge in [0.25, 0.3) is 0 Å². The molecule has 2 aromatic heterocycles. The van der Waals surface area contributed by atoms with Gasteiger partial charge < -0.3 is 4.90 Å². The second kappa shape index (κ2) is 4.96. The van der Waals surface area contributed by atoms with Crippen molar-refractivity contribution in [2.24, 2.45) is 7.05 Å². The lowest BCUT2D eigenvalue weighted by atomic mass is 10.0. The molecule has 0 spiro atoms. The number of anilines is 1. The van der Waals surface area contributed by atoms with Gasteiger partial charge in [-0.25, -0.2) is 4.98 Å². The van der Waals surface area contributed by atoms with Crippen LogP contribution in [-0.4, -0.2) is 27.9 Å². The van der Waals surface area contributed by atoms with Gasteiger partial charge in [0.05, 0.1) is 10.7 Å². The molecule has 0 N–H and O–H groups in total. The molecule has 0 radical (unpaired) electrons. The minimum absolute atomic E-state index is 0.559. The molecule has 5 heteroatoms. The van der Waals surface area contributed by atoms with Crippen molar-refractivity contribution in [3.8, 4) is 0 Å². The fourth-order valence-corrected chi connectivity index (χ4v) is 3.35. The standard InChI is InChI=1S/C14H17BrN4/c1-10-5-13(15)14(16-6-10)19-4-3-11(9-19)12-7-17-18(2)8-12/h5-8,11H,3-4,9H2,1-2H3. The van der Waals surface area contributed by atoms with Gasteiger partial charge in [-0.15, -0.1) is 0 Å². The maximum atomic E-state index is 4.55. The molecule has 1 saturated heterocycles. The molecule has 0 aromatic carbocycles. The molecule has 3 heterocycles. The summed E-state index contributed by atoms with van der Waals surface area (Å²) in [6.45, 7) is 4.12. The predicted molar refractivity (Wildman–Crippen MR) is 79.5 cm³/mol. The molecule has 100 valence electrons. The Hall–Kier alpha value is -1.36. The van der Waals surface area contributed by atoms with Gasteiger partial charge >= 0.3 is 0 Å². The van der Waals surface area contributed by atoms with Crippen LogP contribution in [0.3, 0.4) is 0 Å². The van der Waals surface area contributed by atoms with Crippen LogP contribution < -0.4 is 4.90 Å². The Morgan fingerprint density at radius 2 is 2.21 bits per heavy atom. The predicted octanol–water partition coefficient (Wildman–Crippen LogP) is 2.88. The number of halogens is 1. The molecule has 0 saturated carbocycles. The average Bonchev–Trinajstić information content (AvgIpc) is 2.97. The van der Waals surface area contributed by atoms with Gasteiger partial charge in [0.2, 0.25) is 0 Å². The van der Waals surface area contributed by atoms with Crippen LogP contribution in [0.2, 0.25) is 0 Å². The average molecular weight is 321 g/mol. The van der Waals surface area contributed by atoms with Crippen LogP contribution in [0.4, 0.5) is 5.82 Å². The topological polar surface area (TPSA) is 34.0 Å². The summed E-state index contributed by atoms with van der Waals surface area (Å²) in [5.41, 5.74) is 2.51. The van der Waals surface area contributed by atoms with Crippen molar-refractivity contribution in [1.82, 2.24) is 14.8 Å². The second-order valence-electron chi connectivity index (χ2n) is 5.20. The molecule has 19 heavy (non-hydrogen) atoms. The van der Waals surface area contributed by atoms with Crippen LogP contribution >= 0.6 is 15.9 Å². The summed E-state index contributed by atoms with van der Waals surface area (Å²) in [5, 5.41) is 4.26. The zero-order chi connectivity index (χ0) is 13.4. The van der Waals surface area contributed by atoms with Crippen molar-refractivity contribution >= 4 is 21.7 Å². The van der Waals surface area contributed by atoms with Crippen LogP contribution in [0, 0.1) is 6.92 Å². The van der Waals surface area contributed by atoms with Crippen LogP contribution in [0.5, 0.6) is 0 Å². The summed E-state index contributed by atoms with van der Waals surface area (Å²) in [4.78, 5) is 6.90. The number of hydrogen-bond acceptors (Lipinski definition) is 3. The Balaban J connectivity index is 1.78. The molecule has 0 amide bonds. The van der Waals surface area contributed by atoms with E-state index in [9.17, 15) is 0 Å². The quantitative estimate of drug-likeness (QED) is 0.853. The normalized spacial score (nSPS) is 19.1. The maximum Gasteiger partial charge on any atom is 0.142 e. The molecular weight excluding hydrogens is 304 g/mol. The SMILES string of the molecule is Cc1cnc(N2CCC(c3cnn(C)c3)C2)c(Br)c1. The zero-order valence-corrected chi connectivity index (χ0v) is 12.8. The van der Waals surface area contributed by atoms with Crippen LogP contribution in [0.1, 0.15) is 23.5 Å². The zero-order valence-electron chi connectivity index (χ0n) is 11.2. The third-order valence-corrected chi connectivity index (χ3v) is 4.23. The van der Waals surface area contributed by atoms with E-state index in [-0.39, 0.29) is 0 Å². The number of nitrogens with zero attached hydrogens (tertiary/aromatic N) is 4. The Morgan fingerprint density at radius 1 is 1.37 bits per heavy atom. The third kappa shape index (κ3) is 2.52. The first-order valence-electron chi connectivity index (χ1n) is 6.49. The largest absolute Gasteiger partial charge is 0.355 e. The Morgan fingerprint density at radius 3 is 2.89 bits per heavy atom. The van der Waals surface area contributed by atoms with Crippen molar-refractivity contribution in [2.75, 3.05) is 18.0 Å². The molecule has 1 unspecified atom stereocenters. The third-order valence-electron chi connectivity index (χ3n) is 3.64. The van der Waals surface area contributed by atoms with Gasteiger partial charge in [-0.2, -0.15) is 5.10 Å². The van der Waals surface area contributed by atoms with Gasteiger partial charge in [-0.1, -0.05) is 0 Å². The van der Waals surface area contributed by atoms with Crippen molar-refractivity contribution in [3.63, 3.8) is 0 Å². The van der Waals surface area contributed by atoms with E-state index in [4.69, 9.17) is 0 Å². The second-order valence-corrected chi connectivity index (χ2v) is 6.05. The summed E-state index contributed by atoms with van der Waals surface area (Å²) in [7, 11) is 1.97. The monoisotopic (exact) mass is 320 g/mol. The van der Waals surface area contributed by atoms with E-state index in [1.165, 1.54) is 11.1 Å². The summed E-state index contributed by atoms with van der Waals surface area (Å²) < 4.78 is 2.96. The van der Waals surface area contributed by atoms with E-state index in [0.717, 1.165) is 29.8 Å². The lowest BCUT2D eigenvalue weighted by Crippen LogP contribution is -2.20. The Kier molecular flexibility index (Phi) is 3.31. The first-order valence-corrected chi connectivity index (χ1v) is 7.28. The van der Waals surface area contributed by atoms with Crippen molar-refractivity contribution < 1.29 is 0 Å². The Labute approximate surface area is 121 Å². The van der Waals surface area contributed by atoms with Gasteiger partial charge in [0.15, 0.2) is 0 Å². The highest BCUT2D eigenvalue weighted by atomic mass is 79.9. The number of pyridine rings is 1. The number of rotatable bonds is 2. The van der Waals surface area contributed by atoms with E-state index in [2.05, 4.69) is 50.1 Å². The minimum atomic E-state index is 0.559. The molecule has 0 aliphatic carbocycles. The molecule has 1 atom stereocenters. The van der Waals surface area contributed by atoms with E-state index in [0.29, 0.717) is 5.92 Å². The van der Waals surface area contributed by atoms with E-state index in [1.807, 2.05) is 24.1 Å². The fourth-order valence-electron chi connectivity index (χ4n) is 2.63. The van der Waals surface area contributed by atoms with E-state index >= 15 is 0 Å². The lowest BCUT2D eigenvalue weighted by Gasteiger charge is -2.18. The molecular formula is C14H17BrN4. The molecule has 1 aliphatic rings.